The minimum Gasteiger partial charge on any atom is -0.356 e. The maximum atomic E-state index is 12.2. The highest BCUT2D eigenvalue weighted by atomic mass is 16.2. The number of rotatable bonds is 38. The highest BCUT2D eigenvalue weighted by Gasteiger charge is 2.05. The molecule has 46 heavy (non-hydrogen) atoms. The predicted octanol–water partition coefficient (Wildman–Crippen LogP) is 10.1. The minimum atomic E-state index is 0.161. The van der Waals surface area contributed by atoms with E-state index in [-0.39, 0.29) is 11.8 Å². The number of nitrogens with zero attached hydrogens (tertiary/aromatic N) is 1. The summed E-state index contributed by atoms with van der Waals surface area (Å²) >= 11 is 0. The molecule has 0 heterocycles. The molecule has 0 aliphatic carbocycles. The fourth-order valence-electron chi connectivity index (χ4n) is 6.12. The average Bonchev–Trinajstić information content (AvgIpc) is 3.05. The zero-order valence-electron chi connectivity index (χ0n) is 31.5. The molecule has 0 fully saturated rings. The van der Waals surface area contributed by atoms with Crippen LogP contribution in [0.5, 0.6) is 0 Å². The second-order valence-corrected chi connectivity index (χ2v) is 14.1. The van der Waals surface area contributed by atoms with Gasteiger partial charge >= 0.3 is 0 Å². The molecule has 0 aromatic carbocycles. The van der Waals surface area contributed by atoms with Gasteiger partial charge in [0, 0.05) is 39.0 Å². The van der Waals surface area contributed by atoms with Gasteiger partial charge in [0.15, 0.2) is 0 Å². The van der Waals surface area contributed by atoms with Crippen molar-refractivity contribution in [1.82, 2.24) is 20.9 Å². The van der Waals surface area contributed by atoms with Crippen molar-refractivity contribution in [3.8, 4) is 0 Å². The molecule has 0 atom stereocenters. The summed E-state index contributed by atoms with van der Waals surface area (Å²) in [6.07, 6.45) is 37.3. The van der Waals surface area contributed by atoms with Gasteiger partial charge in [0.2, 0.25) is 11.8 Å². The van der Waals surface area contributed by atoms with Gasteiger partial charge in [-0.25, -0.2) is 0 Å². The Morgan fingerprint density at radius 1 is 0.391 bits per heavy atom. The topological polar surface area (TPSA) is 73.5 Å². The number of carbonyl (C=O) groups is 2. The third-order valence-corrected chi connectivity index (χ3v) is 9.35. The molecule has 0 radical (unpaired) electrons. The molecule has 274 valence electrons. The second-order valence-electron chi connectivity index (χ2n) is 14.1. The number of hydrogen-bond acceptors (Lipinski definition) is 4. The number of hydrogen-bond donors (Lipinski definition) is 3. The Morgan fingerprint density at radius 3 is 1.13 bits per heavy atom. The highest BCUT2D eigenvalue weighted by Crippen LogP contribution is 2.13. The zero-order valence-corrected chi connectivity index (χ0v) is 31.5. The molecule has 2 amide bonds. The first-order valence-electron chi connectivity index (χ1n) is 20.5. The van der Waals surface area contributed by atoms with Crippen LogP contribution in [0.4, 0.5) is 0 Å². The Bertz CT molecular complexity index is 630. The number of carbonyl (C=O) groups excluding carboxylic acids is 2. The Morgan fingerprint density at radius 2 is 0.739 bits per heavy atom. The molecular weight excluding hydrogens is 568 g/mol. The Kier molecular flexibility index (Phi) is 37.4. The van der Waals surface area contributed by atoms with Gasteiger partial charge < -0.3 is 20.9 Å². The molecule has 0 spiro atoms. The summed E-state index contributed by atoms with van der Waals surface area (Å²) in [5, 5.41) is 9.56. The fourth-order valence-corrected chi connectivity index (χ4v) is 6.12. The minimum absolute atomic E-state index is 0.161. The smallest absolute Gasteiger partial charge is 0.221 e. The summed E-state index contributed by atoms with van der Waals surface area (Å²) < 4.78 is 0. The van der Waals surface area contributed by atoms with Crippen molar-refractivity contribution in [2.75, 3.05) is 46.3 Å². The van der Waals surface area contributed by atoms with E-state index in [4.69, 9.17) is 0 Å². The summed E-state index contributed by atoms with van der Waals surface area (Å²) in [5.41, 5.74) is 0. The summed E-state index contributed by atoms with van der Waals surface area (Å²) in [5.74, 6) is 0.335. The maximum Gasteiger partial charge on any atom is 0.221 e. The van der Waals surface area contributed by atoms with E-state index < -0.39 is 0 Å². The molecule has 0 saturated heterocycles. The van der Waals surface area contributed by atoms with Gasteiger partial charge in [0.1, 0.15) is 0 Å². The van der Waals surface area contributed by atoms with Gasteiger partial charge in [0.05, 0.1) is 0 Å². The van der Waals surface area contributed by atoms with Crippen LogP contribution in [0.2, 0.25) is 0 Å². The highest BCUT2D eigenvalue weighted by molar-refractivity contribution is 5.76. The van der Waals surface area contributed by atoms with Gasteiger partial charge in [-0.05, 0) is 39.4 Å². The predicted molar refractivity (Wildman–Crippen MR) is 202 cm³/mol. The average molecular weight is 651 g/mol. The molecule has 0 rings (SSSR count). The molecule has 6 heteroatoms. The number of nitrogens with one attached hydrogen (secondary N) is 3. The quantitative estimate of drug-likeness (QED) is 0.0582. The summed E-state index contributed by atoms with van der Waals surface area (Å²) in [4.78, 5) is 26.5. The van der Waals surface area contributed by atoms with Crippen molar-refractivity contribution in [2.45, 2.75) is 200 Å². The third kappa shape index (κ3) is 37.3. The number of amides is 2. The summed E-state index contributed by atoms with van der Waals surface area (Å²) in [7, 11) is 2.09. The molecule has 0 bridgehead atoms. The monoisotopic (exact) mass is 651 g/mol. The van der Waals surface area contributed by atoms with Crippen molar-refractivity contribution in [3.63, 3.8) is 0 Å². The molecule has 0 aromatic heterocycles. The van der Waals surface area contributed by atoms with Crippen LogP contribution in [0.3, 0.4) is 0 Å². The van der Waals surface area contributed by atoms with Crippen molar-refractivity contribution < 1.29 is 9.59 Å². The van der Waals surface area contributed by atoms with Gasteiger partial charge in [0.25, 0.3) is 0 Å². The molecule has 0 aliphatic heterocycles. The van der Waals surface area contributed by atoms with E-state index in [2.05, 4.69) is 41.7 Å². The molecule has 3 N–H and O–H groups in total. The lowest BCUT2D eigenvalue weighted by Crippen LogP contribution is -2.31. The lowest BCUT2D eigenvalue weighted by atomic mass is 10.0. The second kappa shape index (κ2) is 38.3. The Hall–Kier alpha value is -1.14. The Balaban J connectivity index is 3.35. The van der Waals surface area contributed by atoms with Crippen molar-refractivity contribution in [3.05, 3.63) is 0 Å². The van der Waals surface area contributed by atoms with E-state index >= 15 is 0 Å². The van der Waals surface area contributed by atoms with Gasteiger partial charge in [-0.3, -0.25) is 9.59 Å². The lowest BCUT2D eigenvalue weighted by molar-refractivity contribution is -0.122. The van der Waals surface area contributed by atoms with Crippen LogP contribution in [0.25, 0.3) is 0 Å². The summed E-state index contributed by atoms with van der Waals surface area (Å²) in [6.45, 7) is 9.59. The molecule has 6 nitrogen and oxygen atoms in total. The molecule has 0 unspecified atom stereocenters. The van der Waals surface area contributed by atoms with E-state index in [0.717, 1.165) is 58.5 Å². The van der Waals surface area contributed by atoms with E-state index in [1.54, 1.807) is 0 Å². The molecular formula is C40H82N4O2. The maximum absolute atomic E-state index is 12.2. The van der Waals surface area contributed by atoms with Crippen LogP contribution in [-0.4, -0.2) is 63.0 Å². The largest absolute Gasteiger partial charge is 0.356 e. The normalized spacial score (nSPS) is 11.4. The van der Waals surface area contributed by atoms with Gasteiger partial charge in [-0.1, -0.05) is 168 Å². The standard InChI is InChI=1S/C40H82N4O2/c1-4-6-8-10-12-14-16-18-20-22-24-26-28-34-42-39(45)31-36-41-33-30-37-44(3)38-32-40(46)43-35-29-27-25-23-21-19-17-15-13-11-9-7-5-2/h41H,4-38H2,1-3H3,(H,42,45)(H,43,46). The first-order valence-corrected chi connectivity index (χ1v) is 20.5. The SMILES string of the molecule is CCCCCCCCCCCCCCCNC(=O)CCNCCCN(C)CCC(=O)NCCCCCCCCCCCCCCC. The van der Waals surface area contributed by atoms with Crippen molar-refractivity contribution >= 4 is 11.8 Å². The third-order valence-electron chi connectivity index (χ3n) is 9.35. The van der Waals surface area contributed by atoms with Crippen LogP contribution in [0, 0.1) is 0 Å². The molecule has 0 saturated carbocycles. The van der Waals surface area contributed by atoms with E-state index in [1.807, 2.05) is 0 Å². The lowest BCUT2D eigenvalue weighted by Gasteiger charge is -2.16. The summed E-state index contributed by atoms with van der Waals surface area (Å²) in [6, 6.07) is 0. The van der Waals surface area contributed by atoms with E-state index in [0.29, 0.717) is 12.8 Å². The Labute approximate surface area is 288 Å². The first kappa shape index (κ1) is 44.9. The molecule has 0 aromatic rings. The molecule has 0 aliphatic rings. The fraction of sp³-hybridized carbons (Fsp3) is 0.950. The first-order chi connectivity index (χ1) is 22.6. The van der Waals surface area contributed by atoms with Crippen LogP contribution in [0.15, 0.2) is 0 Å². The zero-order chi connectivity index (χ0) is 33.6. The van der Waals surface area contributed by atoms with Crippen molar-refractivity contribution in [1.29, 1.82) is 0 Å². The van der Waals surface area contributed by atoms with E-state index in [9.17, 15) is 9.59 Å². The van der Waals surface area contributed by atoms with Crippen molar-refractivity contribution in [2.24, 2.45) is 0 Å². The van der Waals surface area contributed by atoms with Gasteiger partial charge in [-0.2, -0.15) is 0 Å². The number of unbranched alkanes of at least 4 members (excludes halogenated alkanes) is 24. The van der Waals surface area contributed by atoms with Crippen LogP contribution >= 0.6 is 0 Å². The van der Waals surface area contributed by atoms with Crippen LogP contribution < -0.4 is 16.0 Å². The van der Waals surface area contributed by atoms with Crippen LogP contribution in [0.1, 0.15) is 200 Å². The van der Waals surface area contributed by atoms with Crippen LogP contribution in [-0.2, 0) is 9.59 Å². The van der Waals surface area contributed by atoms with E-state index in [1.165, 1.54) is 154 Å². The van der Waals surface area contributed by atoms with Gasteiger partial charge in [-0.15, -0.1) is 0 Å².